The fourth-order valence-corrected chi connectivity index (χ4v) is 7.49. The van der Waals surface area contributed by atoms with E-state index in [2.05, 4.69) is 43.5 Å². The summed E-state index contributed by atoms with van der Waals surface area (Å²) in [5.41, 5.74) is 0. The normalized spacial score (nSPS) is 13.0. The van der Waals surface area contributed by atoms with E-state index < -0.39 is 12.1 Å². The lowest BCUT2D eigenvalue weighted by atomic mass is 10.0. The molecule has 0 saturated carbocycles. The molecule has 0 aliphatic heterocycles. The summed E-state index contributed by atoms with van der Waals surface area (Å²) in [5, 5.41) is 23.0. The lowest BCUT2D eigenvalue weighted by molar-refractivity contribution is -0.143. The zero-order valence-corrected chi connectivity index (χ0v) is 38.5. The maximum atomic E-state index is 12.4. The van der Waals surface area contributed by atoms with E-state index in [1.54, 1.807) is 6.08 Å². The second-order valence-electron chi connectivity index (χ2n) is 17.1. The number of carbonyl (C=O) groups excluding carboxylic acids is 2. The number of nitrogens with one attached hydrogen (secondary N) is 1. The van der Waals surface area contributed by atoms with E-state index in [0.29, 0.717) is 19.4 Å². The quantitative estimate of drug-likeness (QED) is 0.0323. The molecular weight excluding hydrogens is 719 g/mol. The number of hydrogen-bond acceptors (Lipinski definition) is 5. The van der Waals surface area contributed by atoms with Crippen LogP contribution in [0.1, 0.15) is 258 Å². The number of carbonyl (C=O) groups is 2. The van der Waals surface area contributed by atoms with Crippen molar-refractivity contribution in [3.8, 4) is 0 Å². The number of amides is 1. The van der Waals surface area contributed by atoms with Crippen LogP contribution >= 0.6 is 0 Å². The topological polar surface area (TPSA) is 95.9 Å². The largest absolute Gasteiger partial charge is 0.466 e. The Morgan fingerprint density at radius 3 is 1.33 bits per heavy atom. The first kappa shape index (κ1) is 56.1. The van der Waals surface area contributed by atoms with E-state index in [-0.39, 0.29) is 18.5 Å². The van der Waals surface area contributed by atoms with Gasteiger partial charge in [-0.15, -0.1) is 0 Å². The molecule has 0 aromatic rings. The van der Waals surface area contributed by atoms with Gasteiger partial charge in [0.05, 0.1) is 25.4 Å². The summed E-state index contributed by atoms with van der Waals surface area (Å²) in [6, 6.07) is -0.642. The summed E-state index contributed by atoms with van der Waals surface area (Å²) in [7, 11) is 0. The third-order valence-corrected chi connectivity index (χ3v) is 11.4. The molecule has 1 amide bonds. The van der Waals surface area contributed by atoms with Gasteiger partial charge in [0.15, 0.2) is 0 Å². The van der Waals surface area contributed by atoms with Gasteiger partial charge in [-0.05, 0) is 64.2 Å². The Labute approximate surface area is 360 Å². The molecule has 0 aliphatic carbocycles. The second-order valence-corrected chi connectivity index (χ2v) is 17.1. The molecule has 58 heavy (non-hydrogen) atoms. The third kappa shape index (κ3) is 43.7. The zero-order valence-electron chi connectivity index (χ0n) is 38.5. The number of esters is 1. The average molecular weight is 816 g/mol. The van der Waals surface area contributed by atoms with Crippen molar-refractivity contribution < 1.29 is 24.5 Å². The van der Waals surface area contributed by atoms with E-state index in [4.69, 9.17) is 4.74 Å². The van der Waals surface area contributed by atoms with Crippen molar-refractivity contribution in [1.29, 1.82) is 0 Å². The molecule has 0 aromatic carbocycles. The van der Waals surface area contributed by atoms with Crippen LogP contribution in [0, 0.1) is 0 Å². The van der Waals surface area contributed by atoms with Crippen molar-refractivity contribution in [2.24, 2.45) is 0 Å². The van der Waals surface area contributed by atoms with Crippen LogP contribution in [0.5, 0.6) is 0 Å². The molecule has 0 aliphatic rings. The maximum absolute atomic E-state index is 12.4. The smallest absolute Gasteiger partial charge is 0.305 e. The minimum absolute atomic E-state index is 0.0295. The van der Waals surface area contributed by atoms with E-state index in [1.165, 1.54) is 161 Å². The number of aliphatic hydroxyl groups is 2. The van der Waals surface area contributed by atoms with E-state index >= 15 is 0 Å². The van der Waals surface area contributed by atoms with Gasteiger partial charge in [-0.1, -0.05) is 217 Å². The third-order valence-electron chi connectivity index (χ3n) is 11.4. The highest BCUT2D eigenvalue weighted by molar-refractivity contribution is 5.76. The van der Waals surface area contributed by atoms with Gasteiger partial charge in [-0.25, -0.2) is 0 Å². The van der Waals surface area contributed by atoms with Gasteiger partial charge in [0.2, 0.25) is 5.91 Å². The predicted octanol–water partition coefficient (Wildman–Crippen LogP) is 14.9. The Balaban J connectivity index is 3.52. The number of hydrogen-bond donors (Lipinski definition) is 3. The van der Waals surface area contributed by atoms with Gasteiger partial charge in [-0.3, -0.25) is 9.59 Å². The number of rotatable bonds is 46. The Morgan fingerprint density at radius 1 is 0.483 bits per heavy atom. The highest BCUT2D eigenvalue weighted by atomic mass is 16.5. The first-order valence-corrected chi connectivity index (χ1v) is 25.3. The molecule has 0 spiro atoms. The fourth-order valence-electron chi connectivity index (χ4n) is 7.49. The summed E-state index contributed by atoms with van der Waals surface area (Å²) in [5.74, 6) is -0.118. The molecule has 0 heterocycles. The van der Waals surface area contributed by atoms with Crippen molar-refractivity contribution in [3.05, 3.63) is 36.5 Å². The summed E-state index contributed by atoms with van der Waals surface area (Å²) in [6.45, 7) is 4.83. The lowest BCUT2D eigenvalue weighted by Crippen LogP contribution is -2.45. The standard InChI is InChI=1S/C52H97NO5/c1-3-5-7-9-11-13-15-17-19-20-22-26-30-34-38-42-46-52(57)58-47-43-39-35-31-27-23-25-29-33-37-41-45-51(56)53-49(48-54)50(55)44-40-36-32-28-24-21-18-16-14-12-10-8-6-4-2/h13,15,19-20,40,44,49-50,54-55H,3-12,14,16-18,21-39,41-43,45-48H2,1-2H3,(H,53,56)/b15-13-,20-19-,44-40+. The van der Waals surface area contributed by atoms with Gasteiger partial charge in [0.1, 0.15) is 0 Å². The van der Waals surface area contributed by atoms with Crippen LogP contribution in [0.25, 0.3) is 0 Å². The summed E-state index contributed by atoms with van der Waals surface area (Å²) in [4.78, 5) is 24.4. The van der Waals surface area contributed by atoms with Crippen LogP contribution in [0.4, 0.5) is 0 Å². The van der Waals surface area contributed by atoms with Gasteiger partial charge in [-0.2, -0.15) is 0 Å². The Bertz CT molecular complexity index is 946. The summed E-state index contributed by atoms with van der Waals surface area (Å²) >= 11 is 0. The maximum Gasteiger partial charge on any atom is 0.305 e. The van der Waals surface area contributed by atoms with Crippen LogP contribution in [0.3, 0.4) is 0 Å². The highest BCUT2D eigenvalue weighted by Crippen LogP contribution is 2.15. The van der Waals surface area contributed by atoms with Crippen molar-refractivity contribution in [1.82, 2.24) is 5.32 Å². The van der Waals surface area contributed by atoms with Gasteiger partial charge < -0.3 is 20.3 Å². The summed E-state index contributed by atoms with van der Waals surface area (Å²) in [6.07, 6.45) is 57.0. The SMILES string of the molecule is CCCCCC/C=C\C/C=C\CCCCCCCC(=O)OCCCCCCCCCCCCCC(=O)NC(CO)C(O)/C=C/CCCCCCCCCCCCCC. The molecule has 340 valence electrons. The van der Waals surface area contributed by atoms with Gasteiger partial charge in [0.25, 0.3) is 0 Å². The molecule has 2 atom stereocenters. The Morgan fingerprint density at radius 2 is 0.862 bits per heavy atom. The van der Waals surface area contributed by atoms with Crippen molar-refractivity contribution >= 4 is 11.9 Å². The minimum atomic E-state index is -0.857. The minimum Gasteiger partial charge on any atom is -0.466 e. The molecule has 0 aromatic heterocycles. The van der Waals surface area contributed by atoms with Crippen LogP contribution in [0.15, 0.2) is 36.5 Å². The zero-order chi connectivity index (χ0) is 42.3. The van der Waals surface area contributed by atoms with Crippen molar-refractivity contribution in [2.45, 2.75) is 270 Å². The van der Waals surface area contributed by atoms with Crippen LogP contribution in [0.2, 0.25) is 0 Å². The predicted molar refractivity (Wildman–Crippen MR) is 250 cm³/mol. The lowest BCUT2D eigenvalue weighted by Gasteiger charge is -2.20. The Kier molecular flexibility index (Phi) is 46.2. The van der Waals surface area contributed by atoms with Crippen molar-refractivity contribution in [3.63, 3.8) is 0 Å². The van der Waals surface area contributed by atoms with Gasteiger partial charge in [0, 0.05) is 12.8 Å². The molecule has 0 rings (SSSR count). The van der Waals surface area contributed by atoms with Crippen LogP contribution in [-0.2, 0) is 14.3 Å². The molecule has 0 saturated heterocycles. The monoisotopic (exact) mass is 816 g/mol. The van der Waals surface area contributed by atoms with E-state index in [0.717, 1.165) is 70.6 Å². The molecule has 0 fully saturated rings. The van der Waals surface area contributed by atoms with E-state index in [1.807, 2.05) is 6.08 Å². The Hall–Kier alpha value is -1.92. The second kappa shape index (κ2) is 47.8. The number of allylic oxidation sites excluding steroid dienone is 5. The van der Waals surface area contributed by atoms with Crippen LogP contribution in [-0.4, -0.2) is 47.4 Å². The highest BCUT2D eigenvalue weighted by Gasteiger charge is 2.18. The first-order valence-electron chi connectivity index (χ1n) is 25.3. The number of ether oxygens (including phenoxy) is 1. The van der Waals surface area contributed by atoms with Crippen molar-refractivity contribution in [2.75, 3.05) is 13.2 Å². The first-order chi connectivity index (χ1) is 28.5. The molecule has 6 nitrogen and oxygen atoms in total. The number of aliphatic hydroxyl groups excluding tert-OH is 2. The van der Waals surface area contributed by atoms with Gasteiger partial charge >= 0.3 is 5.97 Å². The molecule has 0 radical (unpaired) electrons. The van der Waals surface area contributed by atoms with Crippen LogP contribution < -0.4 is 5.32 Å². The summed E-state index contributed by atoms with van der Waals surface area (Å²) < 4.78 is 5.45. The number of unbranched alkanes of at least 4 members (excludes halogenated alkanes) is 31. The molecule has 6 heteroatoms. The fraction of sp³-hybridized carbons (Fsp3) is 0.846. The molecule has 2 unspecified atom stereocenters. The average Bonchev–Trinajstić information content (AvgIpc) is 3.22. The molecule has 0 bridgehead atoms. The molecular formula is C52H97NO5. The molecule has 3 N–H and O–H groups in total. The van der Waals surface area contributed by atoms with E-state index in [9.17, 15) is 19.8 Å².